The van der Waals surface area contributed by atoms with Crippen LogP contribution in [0.5, 0.6) is 5.75 Å². The summed E-state index contributed by atoms with van der Waals surface area (Å²) in [4.78, 5) is 16.2. The Kier molecular flexibility index (Phi) is 7.41. The van der Waals surface area contributed by atoms with Gasteiger partial charge in [-0.3, -0.25) is 4.79 Å². The van der Waals surface area contributed by atoms with E-state index in [1.165, 1.54) is 24.3 Å². The molecule has 0 atom stereocenters. The molecule has 2 aromatic carbocycles. The van der Waals surface area contributed by atoms with Gasteiger partial charge in [0.1, 0.15) is 11.6 Å². The van der Waals surface area contributed by atoms with Crippen LogP contribution in [-0.4, -0.2) is 58.1 Å². The smallest absolute Gasteiger partial charge is 0.260 e. The molecule has 0 radical (unpaired) electrons. The van der Waals surface area contributed by atoms with Crippen LogP contribution in [0.4, 0.5) is 10.1 Å². The minimum atomic E-state index is -3.66. The molecule has 0 aromatic heterocycles. The fraction of sp³-hybridized carbons (Fsp3) is 0.435. The molecule has 1 aliphatic carbocycles. The van der Waals surface area contributed by atoms with E-state index in [2.05, 4.69) is 4.72 Å². The molecule has 1 amide bonds. The molecule has 2 fully saturated rings. The van der Waals surface area contributed by atoms with Crippen LogP contribution in [-0.2, 0) is 14.8 Å². The molecule has 1 aliphatic heterocycles. The molecule has 7 nitrogen and oxygen atoms in total. The standard InChI is InChI=1S/C23H27ClFN3O4S/c24-19-15-18(33(30,31)26-17-5-1-2-6-17)9-10-22(19)32-16-23(29)28-13-11-27(12-14-28)21-8-4-3-7-20(21)25/h3-4,7-10,15,17,26H,1-2,5-6,11-14,16H2. The topological polar surface area (TPSA) is 78.9 Å². The number of piperazine rings is 1. The van der Waals surface area contributed by atoms with Crippen LogP contribution < -0.4 is 14.4 Å². The van der Waals surface area contributed by atoms with Crippen molar-refractivity contribution in [1.29, 1.82) is 0 Å². The molecule has 2 aliphatic rings. The summed E-state index contributed by atoms with van der Waals surface area (Å²) in [6.07, 6.45) is 3.72. The summed E-state index contributed by atoms with van der Waals surface area (Å²) in [7, 11) is -3.66. The van der Waals surface area contributed by atoms with Gasteiger partial charge in [0.2, 0.25) is 10.0 Å². The number of carbonyl (C=O) groups is 1. The average molecular weight is 496 g/mol. The summed E-state index contributed by atoms with van der Waals surface area (Å²) < 4.78 is 47.4. The third-order valence-electron chi connectivity index (χ3n) is 6.07. The first-order valence-corrected chi connectivity index (χ1v) is 12.9. The highest BCUT2D eigenvalue weighted by Crippen LogP contribution is 2.28. The van der Waals surface area contributed by atoms with Crippen LogP contribution in [0.15, 0.2) is 47.4 Å². The van der Waals surface area contributed by atoms with Crippen LogP contribution in [0.25, 0.3) is 0 Å². The second-order valence-electron chi connectivity index (χ2n) is 8.30. The Morgan fingerprint density at radius 1 is 1.09 bits per heavy atom. The summed E-state index contributed by atoms with van der Waals surface area (Å²) in [5, 5.41) is 0.126. The average Bonchev–Trinajstić information content (AvgIpc) is 3.31. The van der Waals surface area contributed by atoms with Gasteiger partial charge < -0.3 is 14.5 Å². The van der Waals surface area contributed by atoms with E-state index in [-0.39, 0.29) is 40.0 Å². The number of hydrogen-bond acceptors (Lipinski definition) is 5. The molecule has 4 rings (SSSR count). The first kappa shape index (κ1) is 23.8. The number of carbonyl (C=O) groups excluding carboxylic acids is 1. The molecular weight excluding hydrogens is 469 g/mol. The first-order valence-electron chi connectivity index (χ1n) is 11.1. The lowest BCUT2D eigenvalue weighted by molar-refractivity contribution is -0.133. The molecule has 2 aromatic rings. The van der Waals surface area contributed by atoms with Gasteiger partial charge in [0.15, 0.2) is 6.61 Å². The van der Waals surface area contributed by atoms with Gasteiger partial charge in [-0.05, 0) is 43.2 Å². The summed E-state index contributed by atoms with van der Waals surface area (Å²) in [6.45, 7) is 1.73. The molecule has 1 saturated heterocycles. The van der Waals surface area contributed by atoms with Gasteiger partial charge >= 0.3 is 0 Å². The Labute approximate surface area is 198 Å². The number of nitrogens with zero attached hydrogens (tertiary/aromatic N) is 2. The predicted octanol–water partition coefficient (Wildman–Crippen LogP) is 3.43. The number of para-hydroxylation sites is 1. The fourth-order valence-corrected chi connectivity index (χ4v) is 5.86. The number of nitrogens with one attached hydrogen (secondary N) is 1. The maximum Gasteiger partial charge on any atom is 0.260 e. The van der Waals surface area contributed by atoms with Crippen LogP contribution >= 0.6 is 11.6 Å². The lowest BCUT2D eigenvalue weighted by Crippen LogP contribution is -2.50. The number of ether oxygens (including phenoxy) is 1. The van der Waals surface area contributed by atoms with E-state index in [1.807, 2.05) is 4.90 Å². The van der Waals surface area contributed by atoms with E-state index in [1.54, 1.807) is 23.1 Å². The Morgan fingerprint density at radius 2 is 1.79 bits per heavy atom. The van der Waals surface area contributed by atoms with E-state index in [0.717, 1.165) is 25.7 Å². The number of rotatable bonds is 7. The normalized spacial score (nSPS) is 17.4. The van der Waals surface area contributed by atoms with Gasteiger partial charge in [-0.2, -0.15) is 0 Å². The molecule has 1 heterocycles. The maximum absolute atomic E-state index is 14.0. The van der Waals surface area contributed by atoms with Crippen molar-refractivity contribution >= 4 is 33.2 Å². The van der Waals surface area contributed by atoms with Gasteiger partial charge in [-0.25, -0.2) is 17.5 Å². The van der Waals surface area contributed by atoms with Crippen molar-refractivity contribution in [2.75, 3.05) is 37.7 Å². The highest BCUT2D eigenvalue weighted by molar-refractivity contribution is 7.89. The minimum Gasteiger partial charge on any atom is -0.482 e. The zero-order valence-corrected chi connectivity index (χ0v) is 19.7. The fourth-order valence-electron chi connectivity index (χ4n) is 4.23. The lowest BCUT2D eigenvalue weighted by atomic mass is 10.2. The highest BCUT2D eigenvalue weighted by Gasteiger charge is 2.25. The Bertz CT molecular complexity index is 1100. The van der Waals surface area contributed by atoms with Gasteiger partial charge in [0.25, 0.3) is 5.91 Å². The van der Waals surface area contributed by atoms with E-state index >= 15 is 0 Å². The van der Waals surface area contributed by atoms with Crippen molar-refractivity contribution in [1.82, 2.24) is 9.62 Å². The van der Waals surface area contributed by atoms with Gasteiger partial charge in [-0.1, -0.05) is 36.6 Å². The summed E-state index contributed by atoms with van der Waals surface area (Å²) in [6, 6.07) is 10.8. The molecule has 33 heavy (non-hydrogen) atoms. The second-order valence-corrected chi connectivity index (χ2v) is 10.4. The van der Waals surface area contributed by atoms with E-state index in [0.29, 0.717) is 31.9 Å². The minimum absolute atomic E-state index is 0.0406. The molecule has 10 heteroatoms. The monoisotopic (exact) mass is 495 g/mol. The van der Waals surface area contributed by atoms with Crippen molar-refractivity contribution < 1.29 is 22.3 Å². The molecule has 0 unspecified atom stereocenters. The van der Waals surface area contributed by atoms with Crippen molar-refractivity contribution in [2.45, 2.75) is 36.6 Å². The highest BCUT2D eigenvalue weighted by atomic mass is 35.5. The number of anilines is 1. The van der Waals surface area contributed by atoms with E-state index in [4.69, 9.17) is 16.3 Å². The van der Waals surface area contributed by atoms with Gasteiger partial charge in [0, 0.05) is 32.2 Å². The largest absolute Gasteiger partial charge is 0.482 e. The molecule has 178 valence electrons. The third kappa shape index (κ3) is 5.77. The summed E-state index contributed by atoms with van der Waals surface area (Å²) in [5.74, 6) is -0.243. The number of amides is 1. The van der Waals surface area contributed by atoms with Gasteiger partial charge in [0.05, 0.1) is 15.6 Å². The Hall–Kier alpha value is -2.36. The van der Waals surface area contributed by atoms with Crippen LogP contribution in [0.1, 0.15) is 25.7 Å². The SMILES string of the molecule is O=C(COc1ccc(S(=O)(=O)NC2CCCC2)cc1Cl)N1CCN(c2ccccc2F)CC1. The zero-order valence-electron chi connectivity index (χ0n) is 18.2. The van der Waals surface area contributed by atoms with Crippen LogP contribution in [0, 0.1) is 5.82 Å². The number of sulfonamides is 1. The van der Waals surface area contributed by atoms with Crippen LogP contribution in [0.2, 0.25) is 5.02 Å². The summed E-state index contributed by atoms with van der Waals surface area (Å²) >= 11 is 6.24. The van der Waals surface area contributed by atoms with Crippen molar-refractivity contribution in [3.63, 3.8) is 0 Å². The first-order chi connectivity index (χ1) is 15.8. The Balaban J connectivity index is 1.30. The quantitative estimate of drug-likeness (QED) is 0.636. The van der Waals surface area contributed by atoms with Crippen molar-refractivity contribution in [3.05, 3.63) is 53.3 Å². The second kappa shape index (κ2) is 10.3. The van der Waals surface area contributed by atoms with Gasteiger partial charge in [-0.15, -0.1) is 0 Å². The predicted molar refractivity (Wildman–Crippen MR) is 125 cm³/mol. The third-order valence-corrected chi connectivity index (χ3v) is 7.88. The number of halogens is 2. The molecule has 1 N–H and O–H groups in total. The number of hydrogen-bond donors (Lipinski definition) is 1. The molecule has 0 spiro atoms. The van der Waals surface area contributed by atoms with Crippen LogP contribution in [0.3, 0.4) is 0 Å². The maximum atomic E-state index is 14.0. The van der Waals surface area contributed by atoms with E-state index in [9.17, 15) is 17.6 Å². The molecule has 0 bridgehead atoms. The van der Waals surface area contributed by atoms with Crippen molar-refractivity contribution in [3.8, 4) is 5.75 Å². The number of benzene rings is 2. The molecule has 1 saturated carbocycles. The zero-order chi connectivity index (χ0) is 23.4. The Morgan fingerprint density at radius 3 is 2.45 bits per heavy atom. The lowest BCUT2D eigenvalue weighted by Gasteiger charge is -2.36. The van der Waals surface area contributed by atoms with Crippen molar-refractivity contribution in [2.24, 2.45) is 0 Å². The molecular formula is C23H27ClFN3O4S. The van der Waals surface area contributed by atoms with E-state index < -0.39 is 10.0 Å². The summed E-state index contributed by atoms with van der Waals surface area (Å²) in [5.41, 5.74) is 0.532.